The lowest BCUT2D eigenvalue weighted by atomic mass is 9.78. The minimum atomic E-state index is -0.00104. The molecule has 126 valence electrons. The highest BCUT2D eigenvalue weighted by Crippen LogP contribution is 2.44. The number of methoxy groups -OCH3 is 1. The van der Waals surface area contributed by atoms with Crippen LogP contribution < -0.4 is 10.1 Å². The van der Waals surface area contributed by atoms with Crippen LogP contribution in [-0.2, 0) is 16.6 Å². The normalized spacial score (nSPS) is 15.9. The second-order valence-corrected chi connectivity index (χ2v) is 6.63. The van der Waals surface area contributed by atoms with E-state index in [0.29, 0.717) is 13.0 Å². The fraction of sp³-hybridized carbons (Fsp3) is 0.381. The molecule has 0 radical (unpaired) electrons. The molecule has 0 unspecified atom stereocenters. The minimum absolute atomic E-state index is 0.00104. The van der Waals surface area contributed by atoms with Gasteiger partial charge in [-0.15, -0.1) is 0 Å². The van der Waals surface area contributed by atoms with Gasteiger partial charge >= 0.3 is 0 Å². The molecule has 1 aliphatic carbocycles. The largest absolute Gasteiger partial charge is 0.496 e. The van der Waals surface area contributed by atoms with E-state index in [1.165, 1.54) is 18.4 Å². The first-order valence-corrected chi connectivity index (χ1v) is 8.68. The fourth-order valence-electron chi connectivity index (χ4n) is 3.79. The third-order valence-electron chi connectivity index (χ3n) is 5.07. The second kappa shape index (κ2) is 7.52. The van der Waals surface area contributed by atoms with Crippen LogP contribution in [0.5, 0.6) is 5.75 Å². The average Bonchev–Trinajstić information content (AvgIpc) is 3.11. The lowest BCUT2D eigenvalue weighted by Crippen LogP contribution is -2.39. The van der Waals surface area contributed by atoms with E-state index in [1.807, 2.05) is 42.5 Å². The van der Waals surface area contributed by atoms with Crippen LogP contribution in [0.2, 0.25) is 0 Å². The van der Waals surface area contributed by atoms with Crippen molar-refractivity contribution >= 4 is 5.91 Å². The molecule has 24 heavy (non-hydrogen) atoms. The Morgan fingerprint density at radius 3 is 2.42 bits per heavy atom. The summed E-state index contributed by atoms with van der Waals surface area (Å²) in [6, 6.07) is 18.1. The molecule has 0 spiro atoms. The van der Waals surface area contributed by atoms with Crippen LogP contribution in [0.1, 0.15) is 36.8 Å². The van der Waals surface area contributed by atoms with Crippen molar-refractivity contribution in [1.82, 2.24) is 5.32 Å². The van der Waals surface area contributed by atoms with Crippen LogP contribution >= 0.6 is 0 Å². The monoisotopic (exact) mass is 323 g/mol. The predicted octanol–water partition coefficient (Wildman–Crippen LogP) is 3.87. The highest BCUT2D eigenvalue weighted by atomic mass is 16.5. The summed E-state index contributed by atoms with van der Waals surface area (Å²) in [5, 5.41) is 3.17. The molecule has 1 amide bonds. The smallest absolute Gasteiger partial charge is 0.224 e. The molecule has 0 heterocycles. The molecule has 2 aromatic carbocycles. The molecule has 2 aromatic rings. The van der Waals surface area contributed by atoms with Gasteiger partial charge in [-0.2, -0.15) is 0 Å². The number of carbonyl (C=O) groups is 1. The van der Waals surface area contributed by atoms with Gasteiger partial charge in [0.25, 0.3) is 0 Å². The van der Waals surface area contributed by atoms with Gasteiger partial charge < -0.3 is 10.1 Å². The number of amides is 1. The summed E-state index contributed by atoms with van der Waals surface area (Å²) in [4.78, 5) is 12.4. The third kappa shape index (κ3) is 3.61. The number of benzene rings is 2. The predicted molar refractivity (Wildman–Crippen MR) is 96.3 cm³/mol. The van der Waals surface area contributed by atoms with Gasteiger partial charge in [-0.25, -0.2) is 0 Å². The molecule has 0 saturated heterocycles. The number of carbonyl (C=O) groups excluding carboxylic acids is 1. The van der Waals surface area contributed by atoms with Gasteiger partial charge in [0.15, 0.2) is 0 Å². The maximum atomic E-state index is 12.4. The van der Waals surface area contributed by atoms with E-state index in [-0.39, 0.29) is 11.3 Å². The first-order chi connectivity index (χ1) is 11.7. The van der Waals surface area contributed by atoms with E-state index in [2.05, 4.69) is 17.4 Å². The Balaban J connectivity index is 1.71. The quantitative estimate of drug-likeness (QED) is 0.876. The first-order valence-electron chi connectivity index (χ1n) is 8.68. The number of ether oxygens (including phenoxy) is 1. The van der Waals surface area contributed by atoms with Crippen LogP contribution in [-0.4, -0.2) is 19.6 Å². The standard InChI is InChI=1S/C21H25NO2/c1-24-19-12-6-5-11-18(19)21(13-7-8-14-21)16-22-20(23)15-17-9-3-2-4-10-17/h2-6,9-12H,7-8,13-16H2,1H3,(H,22,23). The van der Waals surface area contributed by atoms with Crippen LogP contribution in [0, 0.1) is 0 Å². The SMILES string of the molecule is COc1ccccc1C1(CNC(=O)Cc2ccccc2)CCCC1. The minimum Gasteiger partial charge on any atom is -0.496 e. The first kappa shape index (κ1) is 16.6. The second-order valence-electron chi connectivity index (χ2n) is 6.63. The zero-order chi connectivity index (χ0) is 16.8. The fourth-order valence-corrected chi connectivity index (χ4v) is 3.79. The Morgan fingerprint density at radius 2 is 1.71 bits per heavy atom. The Hall–Kier alpha value is -2.29. The van der Waals surface area contributed by atoms with E-state index in [4.69, 9.17) is 4.74 Å². The number of para-hydroxylation sites is 1. The summed E-state index contributed by atoms with van der Waals surface area (Å²) in [5.74, 6) is 1.01. The van der Waals surface area contributed by atoms with Gasteiger partial charge in [0.05, 0.1) is 13.5 Å². The van der Waals surface area contributed by atoms with Crippen molar-refractivity contribution in [2.75, 3.05) is 13.7 Å². The zero-order valence-electron chi connectivity index (χ0n) is 14.3. The average molecular weight is 323 g/mol. The van der Waals surface area contributed by atoms with Crippen molar-refractivity contribution < 1.29 is 9.53 Å². The van der Waals surface area contributed by atoms with Crippen molar-refractivity contribution in [3.05, 3.63) is 65.7 Å². The van der Waals surface area contributed by atoms with Gasteiger partial charge in [0, 0.05) is 17.5 Å². The number of hydrogen-bond acceptors (Lipinski definition) is 2. The zero-order valence-corrected chi connectivity index (χ0v) is 14.3. The highest BCUT2D eigenvalue weighted by molar-refractivity contribution is 5.78. The molecule has 1 N–H and O–H groups in total. The summed E-state index contributed by atoms with van der Waals surface area (Å²) in [5.41, 5.74) is 2.27. The topological polar surface area (TPSA) is 38.3 Å². The van der Waals surface area contributed by atoms with Crippen molar-refractivity contribution in [3.63, 3.8) is 0 Å². The molecule has 1 aliphatic rings. The lowest BCUT2D eigenvalue weighted by Gasteiger charge is -2.31. The van der Waals surface area contributed by atoms with Crippen molar-refractivity contribution in [1.29, 1.82) is 0 Å². The molecular weight excluding hydrogens is 298 g/mol. The molecule has 3 heteroatoms. The number of nitrogens with one attached hydrogen (secondary N) is 1. The van der Waals surface area contributed by atoms with Crippen molar-refractivity contribution in [2.45, 2.75) is 37.5 Å². The van der Waals surface area contributed by atoms with Gasteiger partial charge in [0.1, 0.15) is 5.75 Å². The molecule has 1 saturated carbocycles. The van der Waals surface area contributed by atoms with Crippen LogP contribution in [0.15, 0.2) is 54.6 Å². The molecular formula is C21H25NO2. The Morgan fingerprint density at radius 1 is 1.04 bits per heavy atom. The third-order valence-corrected chi connectivity index (χ3v) is 5.07. The molecule has 3 rings (SSSR count). The maximum absolute atomic E-state index is 12.4. The van der Waals surface area contributed by atoms with Crippen LogP contribution in [0.4, 0.5) is 0 Å². The van der Waals surface area contributed by atoms with Gasteiger partial charge in [-0.05, 0) is 24.5 Å². The van der Waals surface area contributed by atoms with Gasteiger partial charge in [0.2, 0.25) is 5.91 Å². The van der Waals surface area contributed by atoms with Crippen molar-refractivity contribution in [2.24, 2.45) is 0 Å². The lowest BCUT2D eigenvalue weighted by molar-refractivity contribution is -0.120. The van der Waals surface area contributed by atoms with E-state index < -0.39 is 0 Å². The molecule has 3 nitrogen and oxygen atoms in total. The summed E-state index contributed by atoms with van der Waals surface area (Å²) in [6.45, 7) is 0.680. The number of hydrogen-bond donors (Lipinski definition) is 1. The summed E-state index contributed by atoms with van der Waals surface area (Å²) in [6.07, 6.45) is 5.03. The van der Waals surface area contributed by atoms with Crippen molar-refractivity contribution in [3.8, 4) is 5.75 Å². The van der Waals surface area contributed by atoms with E-state index in [0.717, 1.165) is 24.2 Å². The molecule has 0 atom stereocenters. The van der Waals surface area contributed by atoms with E-state index >= 15 is 0 Å². The molecule has 1 fully saturated rings. The summed E-state index contributed by atoms with van der Waals surface area (Å²) >= 11 is 0. The molecule has 0 bridgehead atoms. The van der Waals surface area contributed by atoms with Gasteiger partial charge in [-0.1, -0.05) is 61.4 Å². The van der Waals surface area contributed by atoms with Crippen LogP contribution in [0.3, 0.4) is 0 Å². The molecule has 0 aromatic heterocycles. The Bertz CT molecular complexity index is 675. The van der Waals surface area contributed by atoms with Gasteiger partial charge in [-0.3, -0.25) is 4.79 Å². The van der Waals surface area contributed by atoms with E-state index in [1.54, 1.807) is 7.11 Å². The van der Waals surface area contributed by atoms with E-state index in [9.17, 15) is 4.79 Å². The maximum Gasteiger partial charge on any atom is 0.224 e. The van der Waals surface area contributed by atoms with Crippen LogP contribution in [0.25, 0.3) is 0 Å². The summed E-state index contributed by atoms with van der Waals surface area (Å²) in [7, 11) is 1.72. The Kier molecular flexibility index (Phi) is 5.19. The number of rotatable bonds is 6. The molecule has 0 aliphatic heterocycles. The Labute approximate surface area is 144 Å². The highest BCUT2D eigenvalue weighted by Gasteiger charge is 2.37. The summed E-state index contributed by atoms with van der Waals surface area (Å²) < 4.78 is 5.57.